The Hall–Kier alpha value is -0.870. The second kappa shape index (κ2) is 2.81. The molecule has 14 heavy (non-hydrogen) atoms. The van der Waals surface area contributed by atoms with E-state index in [2.05, 4.69) is 10.2 Å². The molecule has 0 aromatic rings. The van der Waals surface area contributed by atoms with Crippen LogP contribution < -0.4 is 5.32 Å². The summed E-state index contributed by atoms with van der Waals surface area (Å²) in [5, 5.41) is 2.76. The highest BCUT2D eigenvalue weighted by atomic mass is 16.5. The summed E-state index contributed by atoms with van der Waals surface area (Å²) in [4.78, 5) is 14.0. The summed E-state index contributed by atoms with van der Waals surface area (Å²) in [6, 6.07) is 0. The number of ether oxygens (including phenoxy) is 1. The molecule has 0 aromatic heterocycles. The van der Waals surface area contributed by atoms with Crippen molar-refractivity contribution < 1.29 is 9.53 Å². The van der Waals surface area contributed by atoms with Gasteiger partial charge in [-0.2, -0.15) is 0 Å². The molecule has 3 aliphatic rings. The van der Waals surface area contributed by atoms with Crippen molar-refractivity contribution in [2.24, 2.45) is 5.92 Å². The van der Waals surface area contributed by atoms with E-state index in [1.54, 1.807) is 6.20 Å². The lowest BCUT2D eigenvalue weighted by Crippen LogP contribution is -2.59. The third-order valence-corrected chi connectivity index (χ3v) is 3.47. The van der Waals surface area contributed by atoms with Crippen molar-refractivity contribution in [3.8, 4) is 0 Å². The van der Waals surface area contributed by atoms with Crippen molar-refractivity contribution in [2.45, 2.75) is 18.6 Å². The Morgan fingerprint density at radius 1 is 1.57 bits per heavy atom. The molecule has 2 fully saturated rings. The van der Waals surface area contributed by atoms with Crippen LogP contribution in [0, 0.1) is 5.92 Å². The summed E-state index contributed by atoms with van der Waals surface area (Å²) < 4.78 is 5.80. The molecule has 0 bridgehead atoms. The second-order valence-electron chi connectivity index (χ2n) is 4.12. The molecule has 0 aromatic carbocycles. The first-order chi connectivity index (χ1) is 6.83. The van der Waals surface area contributed by atoms with E-state index in [1.807, 2.05) is 6.08 Å². The number of rotatable bonds is 0. The van der Waals surface area contributed by atoms with E-state index in [1.165, 1.54) is 0 Å². The highest BCUT2D eigenvalue weighted by Gasteiger charge is 2.53. The number of hydrogen-bond acceptors (Lipinski definition) is 3. The van der Waals surface area contributed by atoms with Gasteiger partial charge in [-0.1, -0.05) is 0 Å². The monoisotopic (exact) mass is 194 g/mol. The highest BCUT2D eigenvalue weighted by Crippen LogP contribution is 2.40. The van der Waals surface area contributed by atoms with Crippen LogP contribution in [0.3, 0.4) is 0 Å². The van der Waals surface area contributed by atoms with E-state index in [0.717, 1.165) is 32.5 Å². The molecule has 3 heterocycles. The normalized spacial score (nSPS) is 41.7. The molecule has 2 atom stereocenters. The quantitative estimate of drug-likeness (QED) is 0.593. The van der Waals surface area contributed by atoms with Crippen molar-refractivity contribution in [3.05, 3.63) is 12.3 Å². The molecule has 1 N–H and O–H groups in total. The van der Waals surface area contributed by atoms with Gasteiger partial charge in [0.05, 0.1) is 12.5 Å². The van der Waals surface area contributed by atoms with Crippen molar-refractivity contribution in [2.75, 3.05) is 19.7 Å². The van der Waals surface area contributed by atoms with E-state index in [-0.39, 0.29) is 11.8 Å². The van der Waals surface area contributed by atoms with Gasteiger partial charge >= 0.3 is 0 Å². The standard InChI is InChI=1S/C10H14N2O2/c13-9-8-2-1-5-12-6-7-14-10(8,12)3-4-11-9/h3-4,8H,1-2,5-7H2,(H,11,13). The van der Waals surface area contributed by atoms with Crippen molar-refractivity contribution in [1.82, 2.24) is 10.2 Å². The van der Waals surface area contributed by atoms with E-state index in [0.29, 0.717) is 0 Å². The number of hydrogen-bond donors (Lipinski definition) is 1. The van der Waals surface area contributed by atoms with Gasteiger partial charge in [-0.05, 0) is 18.9 Å². The minimum Gasteiger partial charge on any atom is -0.354 e. The molecule has 4 nitrogen and oxygen atoms in total. The minimum absolute atomic E-state index is 0.0104. The zero-order valence-electron chi connectivity index (χ0n) is 8.03. The Morgan fingerprint density at radius 2 is 2.50 bits per heavy atom. The molecule has 0 radical (unpaired) electrons. The molecule has 3 aliphatic heterocycles. The zero-order chi connectivity index (χ0) is 9.60. The smallest absolute Gasteiger partial charge is 0.231 e. The molecular weight excluding hydrogens is 180 g/mol. The predicted molar refractivity (Wildman–Crippen MR) is 50.3 cm³/mol. The molecule has 1 amide bonds. The van der Waals surface area contributed by atoms with Crippen molar-refractivity contribution in [1.29, 1.82) is 0 Å². The van der Waals surface area contributed by atoms with Crippen molar-refractivity contribution in [3.63, 3.8) is 0 Å². The first kappa shape index (κ1) is 8.44. The fraction of sp³-hybridized carbons (Fsp3) is 0.700. The summed E-state index contributed by atoms with van der Waals surface area (Å²) in [5.74, 6) is 0.0999. The number of piperidine rings is 1. The van der Waals surface area contributed by atoms with Crippen molar-refractivity contribution >= 4 is 5.91 Å². The van der Waals surface area contributed by atoms with Gasteiger partial charge in [0.25, 0.3) is 0 Å². The van der Waals surface area contributed by atoms with E-state index in [4.69, 9.17) is 4.74 Å². The van der Waals surface area contributed by atoms with Gasteiger partial charge in [-0.3, -0.25) is 9.69 Å². The SMILES string of the molecule is O=C1NC=CC23OCCN2CCCC13. The molecule has 2 saturated heterocycles. The van der Waals surface area contributed by atoms with Gasteiger partial charge in [0.15, 0.2) is 5.72 Å². The maximum absolute atomic E-state index is 11.7. The lowest BCUT2D eigenvalue weighted by molar-refractivity contribution is -0.151. The van der Waals surface area contributed by atoms with Crippen LogP contribution in [-0.4, -0.2) is 36.2 Å². The van der Waals surface area contributed by atoms with E-state index < -0.39 is 5.72 Å². The summed E-state index contributed by atoms with van der Waals surface area (Å²) in [7, 11) is 0. The van der Waals surface area contributed by atoms with Crippen LogP contribution in [-0.2, 0) is 9.53 Å². The fourth-order valence-electron chi connectivity index (χ4n) is 2.82. The second-order valence-corrected chi connectivity index (χ2v) is 4.12. The van der Waals surface area contributed by atoms with Gasteiger partial charge in [-0.25, -0.2) is 0 Å². The van der Waals surface area contributed by atoms with Gasteiger partial charge in [0.1, 0.15) is 0 Å². The molecule has 4 heteroatoms. The summed E-state index contributed by atoms with van der Waals surface area (Å²) in [6.07, 6.45) is 5.76. The average Bonchev–Trinajstić information content (AvgIpc) is 2.59. The summed E-state index contributed by atoms with van der Waals surface area (Å²) >= 11 is 0. The number of nitrogens with one attached hydrogen (secondary N) is 1. The third-order valence-electron chi connectivity index (χ3n) is 3.47. The Kier molecular flexibility index (Phi) is 1.69. The Morgan fingerprint density at radius 3 is 3.43 bits per heavy atom. The first-order valence-corrected chi connectivity index (χ1v) is 5.20. The molecule has 2 unspecified atom stereocenters. The maximum Gasteiger partial charge on any atom is 0.231 e. The number of carbonyl (C=O) groups excluding carboxylic acids is 1. The first-order valence-electron chi connectivity index (χ1n) is 5.20. The van der Waals surface area contributed by atoms with Crippen LogP contribution in [0.15, 0.2) is 12.3 Å². The number of amides is 1. The third kappa shape index (κ3) is 0.925. The molecule has 1 spiro atoms. The summed E-state index contributed by atoms with van der Waals surface area (Å²) in [6.45, 7) is 2.75. The highest BCUT2D eigenvalue weighted by molar-refractivity contribution is 5.82. The minimum atomic E-state index is -0.402. The van der Waals surface area contributed by atoms with Crippen LogP contribution in [0.25, 0.3) is 0 Å². The van der Waals surface area contributed by atoms with Gasteiger partial charge < -0.3 is 10.1 Å². The van der Waals surface area contributed by atoms with Crippen LogP contribution in [0.5, 0.6) is 0 Å². The van der Waals surface area contributed by atoms with Crippen LogP contribution in [0.4, 0.5) is 0 Å². The maximum atomic E-state index is 11.7. The van der Waals surface area contributed by atoms with E-state index in [9.17, 15) is 4.79 Å². The van der Waals surface area contributed by atoms with Crippen LogP contribution in [0.1, 0.15) is 12.8 Å². The summed E-state index contributed by atoms with van der Waals surface area (Å²) in [5.41, 5.74) is -0.402. The topological polar surface area (TPSA) is 41.6 Å². The largest absolute Gasteiger partial charge is 0.354 e. The number of carbonyl (C=O) groups is 1. The lowest BCUT2D eigenvalue weighted by atomic mass is 9.83. The lowest BCUT2D eigenvalue weighted by Gasteiger charge is -2.45. The average molecular weight is 194 g/mol. The van der Waals surface area contributed by atoms with Crippen LogP contribution >= 0.6 is 0 Å². The number of nitrogens with zero attached hydrogens (tertiary/aromatic N) is 1. The molecule has 76 valence electrons. The van der Waals surface area contributed by atoms with Gasteiger partial charge in [0.2, 0.25) is 5.91 Å². The molecule has 0 saturated carbocycles. The molecular formula is C10H14N2O2. The Labute approximate surface area is 82.9 Å². The Balaban J connectivity index is 2.03. The van der Waals surface area contributed by atoms with Crippen LogP contribution in [0.2, 0.25) is 0 Å². The Bertz CT molecular complexity index is 302. The predicted octanol–water partition coefficient (Wildman–Crippen LogP) is 0.0684. The molecule has 0 aliphatic carbocycles. The fourth-order valence-corrected chi connectivity index (χ4v) is 2.82. The van der Waals surface area contributed by atoms with Gasteiger partial charge in [-0.15, -0.1) is 0 Å². The van der Waals surface area contributed by atoms with Gasteiger partial charge in [0, 0.05) is 19.3 Å². The van der Waals surface area contributed by atoms with E-state index >= 15 is 0 Å². The zero-order valence-corrected chi connectivity index (χ0v) is 8.03. The molecule has 3 rings (SSSR count).